The molecule has 0 N–H and O–H groups in total. The van der Waals surface area contributed by atoms with Crippen molar-refractivity contribution in [3.8, 4) is 0 Å². The van der Waals surface area contributed by atoms with Gasteiger partial charge in [-0.1, -0.05) is 18.6 Å². The van der Waals surface area contributed by atoms with Gasteiger partial charge in [-0.2, -0.15) is 0 Å². The number of aryl methyl sites for hydroxylation is 1. The van der Waals surface area contributed by atoms with E-state index < -0.39 is 0 Å². The van der Waals surface area contributed by atoms with Crippen LogP contribution in [-0.4, -0.2) is 15.0 Å². The van der Waals surface area contributed by atoms with Crippen LogP contribution < -0.4 is 0 Å². The molecule has 5 heteroatoms. The van der Waals surface area contributed by atoms with Crippen molar-refractivity contribution in [2.75, 3.05) is 0 Å². The fourth-order valence-electron chi connectivity index (χ4n) is 0.731. The van der Waals surface area contributed by atoms with E-state index in [1.54, 1.807) is 0 Å². The standard InChI is InChI=1S/C6H9BrIN3/c1-2-3-4-11-5(7)6(8)9-10-11/h2-4H2,1H3. The zero-order chi connectivity index (χ0) is 8.27. The Morgan fingerprint density at radius 1 is 1.64 bits per heavy atom. The molecule has 0 saturated heterocycles. The molecule has 0 saturated carbocycles. The largest absolute Gasteiger partial charge is 0.237 e. The fraction of sp³-hybridized carbons (Fsp3) is 0.667. The molecule has 0 unspecified atom stereocenters. The minimum Gasteiger partial charge on any atom is -0.237 e. The molecule has 1 aromatic rings. The lowest BCUT2D eigenvalue weighted by Crippen LogP contribution is -1.99. The molecule has 11 heavy (non-hydrogen) atoms. The van der Waals surface area contributed by atoms with Gasteiger partial charge in [-0.25, -0.2) is 4.68 Å². The summed E-state index contributed by atoms with van der Waals surface area (Å²) in [4.78, 5) is 0. The van der Waals surface area contributed by atoms with Crippen molar-refractivity contribution in [1.29, 1.82) is 0 Å². The molecule has 1 rings (SSSR count). The molecule has 3 nitrogen and oxygen atoms in total. The van der Waals surface area contributed by atoms with Gasteiger partial charge in [0.05, 0.1) is 0 Å². The van der Waals surface area contributed by atoms with Crippen molar-refractivity contribution in [2.45, 2.75) is 26.3 Å². The summed E-state index contributed by atoms with van der Waals surface area (Å²) in [5, 5.41) is 7.89. The lowest BCUT2D eigenvalue weighted by Gasteiger charge is -1.98. The fourth-order valence-corrected chi connectivity index (χ4v) is 1.43. The highest BCUT2D eigenvalue weighted by Crippen LogP contribution is 2.15. The second kappa shape index (κ2) is 4.39. The summed E-state index contributed by atoms with van der Waals surface area (Å²) >= 11 is 5.57. The van der Waals surface area contributed by atoms with Crippen LogP contribution in [0.1, 0.15) is 19.8 Å². The van der Waals surface area contributed by atoms with E-state index in [1.807, 2.05) is 4.68 Å². The second-order valence-electron chi connectivity index (χ2n) is 2.25. The van der Waals surface area contributed by atoms with Crippen LogP contribution in [0.2, 0.25) is 0 Å². The van der Waals surface area contributed by atoms with Crippen LogP contribution in [0.4, 0.5) is 0 Å². The van der Waals surface area contributed by atoms with E-state index in [2.05, 4.69) is 55.8 Å². The summed E-state index contributed by atoms with van der Waals surface area (Å²) in [6.45, 7) is 3.11. The van der Waals surface area contributed by atoms with Crippen LogP contribution >= 0.6 is 38.5 Å². The van der Waals surface area contributed by atoms with E-state index in [-0.39, 0.29) is 0 Å². The Kier molecular flexibility index (Phi) is 3.77. The number of aromatic nitrogens is 3. The first-order chi connectivity index (χ1) is 5.25. The highest BCUT2D eigenvalue weighted by molar-refractivity contribution is 14.1. The maximum atomic E-state index is 3.97. The lowest BCUT2D eigenvalue weighted by atomic mass is 10.3. The number of halogens is 2. The molecule has 0 aliphatic carbocycles. The number of hydrogen-bond acceptors (Lipinski definition) is 2. The molecule has 1 aromatic heterocycles. The van der Waals surface area contributed by atoms with Gasteiger partial charge in [0.15, 0.2) is 3.70 Å². The third-order valence-corrected chi connectivity index (χ3v) is 3.61. The van der Waals surface area contributed by atoms with Gasteiger partial charge in [0, 0.05) is 6.54 Å². The van der Waals surface area contributed by atoms with Crippen LogP contribution in [0.5, 0.6) is 0 Å². The van der Waals surface area contributed by atoms with Crippen LogP contribution in [0, 0.1) is 3.70 Å². The van der Waals surface area contributed by atoms with Crippen LogP contribution in [0.25, 0.3) is 0 Å². The Labute approximate surface area is 87.8 Å². The van der Waals surface area contributed by atoms with E-state index in [9.17, 15) is 0 Å². The Morgan fingerprint density at radius 2 is 2.36 bits per heavy atom. The molecule has 62 valence electrons. The lowest BCUT2D eigenvalue weighted by molar-refractivity contribution is 0.544. The first-order valence-corrected chi connectivity index (χ1v) is 5.37. The summed E-state index contributed by atoms with van der Waals surface area (Å²) in [5.41, 5.74) is 0. The van der Waals surface area contributed by atoms with Crippen molar-refractivity contribution in [3.05, 3.63) is 8.30 Å². The molecule has 0 spiro atoms. The van der Waals surface area contributed by atoms with Crippen molar-refractivity contribution >= 4 is 38.5 Å². The molecule has 0 aliphatic rings. The van der Waals surface area contributed by atoms with Gasteiger partial charge in [0.2, 0.25) is 0 Å². The summed E-state index contributed by atoms with van der Waals surface area (Å²) in [6, 6.07) is 0. The summed E-state index contributed by atoms with van der Waals surface area (Å²) in [7, 11) is 0. The second-order valence-corrected chi connectivity index (χ2v) is 4.02. The topological polar surface area (TPSA) is 30.7 Å². The average molecular weight is 330 g/mol. The normalized spacial score (nSPS) is 10.5. The first-order valence-electron chi connectivity index (χ1n) is 3.50. The highest BCUT2D eigenvalue weighted by Gasteiger charge is 2.04. The van der Waals surface area contributed by atoms with Crippen molar-refractivity contribution in [3.63, 3.8) is 0 Å². The molecule has 0 atom stereocenters. The van der Waals surface area contributed by atoms with Gasteiger partial charge in [-0.3, -0.25) is 0 Å². The molecule has 0 bridgehead atoms. The number of hydrogen-bond donors (Lipinski definition) is 0. The summed E-state index contributed by atoms with van der Waals surface area (Å²) in [5.74, 6) is 0. The van der Waals surface area contributed by atoms with E-state index >= 15 is 0 Å². The van der Waals surface area contributed by atoms with Gasteiger partial charge in [0.1, 0.15) is 4.60 Å². The number of unbranched alkanes of at least 4 members (excludes halogenated alkanes) is 1. The number of nitrogens with zero attached hydrogens (tertiary/aromatic N) is 3. The van der Waals surface area contributed by atoms with Gasteiger partial charge < -0.3 is 0 Å². The van der Waals surface area contributed by atoms with Crippen molar-refractivity contribution in [1.82, 2.24) is 15.0 Å². The average Bonchev–Trinajstić information content (AvgIpc) is 2.31. The minimum absolute atomic E-state index is 0.929. The molecular weight excluding hydrogens is 321 g/mol. The maximum Gasteiger partial charge on any atom is 0.157 e. The predicted molar refractivity (Wildman–Crippen MR) is 55.3 cm³/mol. The molecule has 0 amide bonds. The van der Waals surface area contributed by atoms with Crippen molar-refractivity contribution < 1.29 is 0 Å². The first kappa shape index (κ1) is 9.44. The van der Waals surface area contributed by atoms with Crippen molar-refractivity contribution in [2.24, 2.45) is 0 Å². The SMILES string of the molecule is CCCCn1nnc(I)c1Br. The van der Waals surface area contributed by atoms with Gasteiger partial charge in [-0.15, -0.1) is 5.10 Å². The Balaban J connectivity index is 2.63. The van der Waals surface area contributed by atoms with E-state index in [0.29, 0.717) is 0 Å². The zero-order valence-electron chi connectivity index (χ0n) is 6.22. The van der Waals surface area contributed by atoms with Gasteiger partial charge >= 0.3 is 0 Å². The summed E-state index contributed by atoms with van der Waals surface area (Å²) in [6.07, 6.45) is 2.33. The third kappa shape index (κ3) is 2.40. The van der Waals surface area contributed by atoms with Crippen LogP contribution in [0.3, 0.4) is 0 Å². The molecule has 0 aromatic carbocycles. The molecule has 1 heterocycles. The maximum absolute atomic E-state index is 3.97. The monoisotopic (exact) mass is 329 g/mol. The van der Waals surface area contributed by atoms with Gasteiger partial charge in [0.25, 0.3) is 0 Å². The summed E-state index contributed by atoms with van der Waals surface area (Å²) < 4.78 is 3.80. The minimum atomic E-state index is 0.929. The Morgan fingerprint density at radius 3 is 2.82 bits per heavy atom. The molecular formula is C6H9BrIN3. The Hall–Kier alpha value is 0.350. The van der Waals surface area contributed by atoms with Crippen LogP contribution in [-0.2, 0) is 6.54 Å². The smallest absolute Gasteiger partial charge is 0.157 e. The zero-order valence-corrected chi connectivity index (χ0v) is 9.96. The predicted octanol–water partition coefficient (Wildman–Crippen LogP) is 2.45. The quantitative estimate of drug-likeness (QED) is 0.797. The van der Waals surface area contributed by atoms with Crippen LogP contribution in [0.15, 0.2) is 4.60 Å². The van der Waals surface area contributed by atoms with Gasteiger partial charge in [-0.05, 0) is 44.9 Å². The van der Waals surface area contributed by atoms with E-state index in [1.165, 1.54) is 6.42 Å². The molecule has 0 fully saturated rings. The highest BCUT2D eigenvalue weighted by atomic mass is 127. The third-order valence-electron chi connectivity index (χ3n) is 1.36. The molecule has 0 radical (unpaired) electrons. The molecule has 0 aliphatic heterocycles. The number of rotatable bonds is 3. The Bertz CT molecular complexity index is 236. The van der Waals surface area contributed by atoms with E-state index in [0.717, 1.165) is 21.3 Å². The van der Waals surface area contributed by atoms with E-state index in [4.69, 9.17) is 0 Å².